The third-order valence-corrected chi connectivity index (χ3v) is 15.3. The Bertz CT molecular complexity index is 3730. The highest BCUT2D eigenvalue weighted by Gasteiger charge is 2.27. The maximum atomic E-state index is 13.7. The van der Waals surface area contributed by atoms with Crippen molar-refractivity contribution in [2.75, 3.05) is 11.5 Å². The lowest BCUT2D eigenvalue weighted by Crippen LogP contribution is -2.19. The molecule has 0 atom stereocenters. The van der Waals surface area contributed by atoms with Gasteiger partial charge in [0.15, 0.2) is 0 Å². The Kier molecular flexibility index (Phi) is 12.8. The number of nitrogens with zero attached hydrogens (tertiary/aromatic N) is 4. The normalized spacial score (nSPS) is 12.8. The zero-order valence-electron chi connectivity index (χ0n) is 36.8. The second-order valence-corrected chi connectivity index (χ2v) is 22.0. The maximum absolute atomic E-state index is 13.7. The van der Waals surface area contributed by atoms with Crippen LogP contribution in [0.2, 0.25) is 0 Å². The number of aromatic hydroxyl groups is 2. The highest BCUT2D eigenvalue weighted by atomic mass is 32.2. The lowest BCUT2D eigenvalue weighted by molar-refractivity contribution is 0.470. The monoisotopic (exact) mass is 1040 g/mol. The van der Waals surface area contributed by atoms with E-state index in [1.165, 1.54) is 97.1 Å². The molecular formula is C47H38N6O14S4. The Morgan fingerprint density at radius 2 is 0.817 bits per heavy atom. The van der Waals surface area contributed by atoms with Crippen LogP contribution >= 0.6 is 0 Å². The molecule has 8 aromatic rings. The molecule has 0 aliphatic rings. The molecule has 8 rings (SSSR count). The molecule has 8 N–H and O–H groups in total. The third-order valence-electron chi connectivity index (χ3n) is 11.1. The van der Waals surface area contributed by atoms with Crippen LogP contribution in [0, 0.1) is 0 Å². The molecule has 0 fully saturated rings. The van der Waals surface area contributed by atoms with Crippen molar-refractivity contribution in [2.24, 2.45) is 20.5 Å². The van der Waals surface area contributed by atoms with Gasteiger partial charge in [0.05, 0.1) is 31.9 Å². The van der Waals surface area contributed by atoms with E-state index in [2.05, 4.69) is 20.5 Å². The van der Waals surface area contributed by atoms with E-state index in [9.17, 15) is 53.0 Å². The van der Waals surface area contributed by atoms with Crippen molar-refractivity contribution in [3.63, 3.8) is 0 Å². The van der Waals surface area contributed by atoms with E-state index in [4.69, 9.17) is 19.8 Å². The molecule has 20 nitrogen and oxygen atoms in total. The van der Waals surface area contributed by atoms with E-state index in [1.807, 2.05) is 13.8 Å². The average molecular weight is 1040 g/mol. The van der Waals surface area contributed by atoms with Gasteiger partial charge in [-0.15, -0.1) is 20.5 Å². The lowest BCUT2D eigenvalue weighted by atomic mass is 9.78. The topological polar surface area (TPSA) is 337 Å². The van der Waals surface area contributed by atoms with Crippen molar-refractivity contribution >= 4 is 96.1 Å². The van der Waals surface area contributed by atoms with Crippen LogP contribution in [0.1, 0.15) is 25.0 Å². The van der Waals surface area contributed by atoms with Gasteiger partial charge in [0.1, 0.15) is 55.5 Å². The first-order valence-corrected chi connectivity index (χ1v) is 26.2. The van der Waals surface area contributed by atoms with Gasteiger partial charge in [-0.25, -0.2) is 0 Å². The summed E-state index contributed by atoms with van der Waals surface area (Å²) in [4.78, 5) is -1.87. The predicted octanol–water partition coefficient (Wildman–Crippen LogP) is 9.75. The summed E-state index contributed by atoms with van der Waals surface area (Å²) in [6.45, 7) is 3.78. The Morgan fingerprint density at radius 3 is 1.17 bits per heavy atom. The second-order valence-electron chi connectivity index (χ2n) is 16.1. The fraction of sp³-hybridized carbons (Fsp3) is 0.0638. The van der Waals surface area contributed by atoms with Crippen LogP contribution in [0.15, 0.2) is 186 Å². The lowest BCUT2D eigenvalue weighted by Gasteiger charge is -2.26. The Balaban J connectivity index is 0.977. The zero-order valence-corrected chi connectivity index (χ0v) is 40.1. The summed E-state index contributed by atoms with van der Waals surface area (Å²) < 4.78 is 132. The van der Waals surface area contributed by atoms with Crippen molar-refractivity contribution in [1.82, 2.24) is 0 Å². The molecule has 0 saturated heterocycles. The van der Waals surface area contributed by atoms with Gasteiger partial charge in [-0.3, -0.25) is 9.11 Å². The summed E-state index contributed by atoms with van der Waals surface area (Å²) >= 11 is 0. The first-order valence-electron chi connectivity index (χ1n) is 20.5. The first-order chi connectivity index (χ1) is 33.3. The van der Waals surface area contributed by atoms with Crippen LogP contribution in [0.3, 0.4) is 0 Å². The summed E-state index contributed by atoms with van der Waals surface area (Å²) in [5, 5.41) is 38.1. The van der Waals surface area contributed by atoms with Crippen molar-refractivity contribution in [3.05, 3.63) is 157 Å². The van der Waals surface area contributed by atoms with Gasteiger partial charge < -0.3 is 30.0 Å². The number of anilines is 2. The molecule has 0 bridgehead atoms. The average Bonchev–Trinajstić information content (AvgIpc) is 3.30. The second kappa shape index (κ2) is 18.4. The largest absolute Gasteiger partial charge is 0.507 e. The number of rotatable bonds is 14. The van der Waals surface area contributed by atoms with Crippen molar-refractivity contribution in [3.8, 4) is 23.0 Å². The minimum atomic E-state index is -4.67. The summed E-state index contributed by atoms with van der Waals surface area (Å²) in [6, 6.07) is 32.9. The van der Waals surface area contributed by atoms with Crippen molar-refractivity contribution in [2.45, 2.75) is 38.8 Å². The molecular weight excluding hydrogens is 1000 g/mol. The predicted molar refractivity (Wildman–Crippen MR) is 262 cm³/mol. The van der Waals surface area contributed by atoms with Gasteiger partial charge in [-0.2, -0.15) is 33.7 Å². The maximum Gasteiger partial charge on any atom is 0.341 e. The molecule has 0 heterocycles. The summed E-state index contributed by atoms with van der Waals surface area (Å²) in [6.07, 6.45) is 0. The van der Waals surface area contributed by atoms with Gasteiger partial charge in [0.25, 0.3) is 20.2 Å². The van der Waals surface area contributed by atoms with E-state index in [0.717, 1.165) is 35.4 Å². The molecule has 0 saturated carbocycles. The minimum Gasteiger partial charge on any atom is -0.507 e. The summed E-state index contributed by atoms with van der Waals surface area (Å²) in [5.41, 5.74) is 12.5. The van der Waals surface area contributed by atoms with Gasteiger partial charge in [-0.05, 0) is 94.7 Å². The molecule has 71 heavy (non-hydrogen) atoms. The quantitative estimate of drug-likeness (QED) is 0.0255. The van der Waals surface area contributed by atoms with Crippen LogP contribution in [0.5, 0.6) is 23.0 Å². The Labute approximate surface area is 405 Å². The molecule has 0 spiro atoms. The van der Waals surface area contributed by atoms with Gasteiger partial charge >= 0.3 is 20.2 Å². The van der Waals surface area contributed by atoms with Crippen LogP contribution in [-0.4, -0.2) is 53.0 Å². The van der Waals surface area contributed by atoms with Gasteiger partial charge in [0.2, 0.25) is 0 Å². The number of azo groups is 2. The third kappa shape index (κ3) is 10.2. The standard InChI is InChI=1S/C47H38N6O14S4/c1-47(2,29-13-17-31(18-14-29)66-70(62,63)41-9-5-3-7-37(41)50-52-45-35(48)21-11-27-23-33(68(56,57)58)25-39(54)43(27)45)30-15-19-32(20-16-30)67-71(64,65)42-10-6-4-8-38(42)51-53-46-36(49)22-12-28-24-34(69(59,60)61)26-40(55)44(28)46/h3-26,54-55H,48-49H2,1-2H3,(H,56,57,58)(H,59,60,61)/b52-50+,53-51?. The van der Waals surface area contributed by atoms with Crippen molar-refractivity contribution < 1.29 is 61.4 Å². The summed E-state index contributed by atoms with van der Waals surface area (Å²) in [5.74, 6) is -1.25. The molecule has 8 aromatic carbocycles. The molecule has 0 aliphatic carbocycles. The zero-order chi connectivity index (χ0) is 51.3. The fourth-order valence-corrected chi connectivity index (χ4v) is 10.6. The molecule has 0 aromatic heterocycles. The molecule has 0 aliphatic heterocycles. The van der Waals surface area contributed by atoms with E-state index < -0.39 is 67.2 Å². The minimum absolute atomic E-state index is 0.00282. The SMILES string of the molecule is CC(C)(c1ccc(OS(=O)(=O)c2ccccc2N=Nc2c(N)ccc3cc(S(=O)(=O)O)cc(O)c23)cc1)c1ccc(OS(=O)(=O)c2ccccc2/N=N/c2c(N)ccc3cc(S(=O)(=O)O)cc(O)c23)cc1. The Morgan fingerprint density at radius 1 is 0.465 bits per heavy atom. The fourth-order valence-electron chi connectivity index (χ4n) is 7.42. The van der Waals surface area contributed by atoms with E-state index in [-0.39, 0.29) is 77.0 Å². The number of nitrogens with two attached hydrogens (primary N) is 2. The van der Waals surface area contributed by atoms with Crippen LogP contribution in [-0.2, 0) is 45.9 Å². The van der Waals surface area contributed by atoms with Crippen LogP contribution in [0.25, 0.3) is 21.5 Å². The smallest absolute Gasteiger partial charge is 0.341 e. The van der Waals surface area contributed by atoms with E-state index in [0.29, 0.717) is 0 Å². The molecule has 24 heteroatoms. The first kappa shape index (κ1) is 49.4. The summed E-state index contributed by atoms with van der Waals surface area (Å²) in [7, 11) is -18.4. The number of benzene rings is 8. The van der Waals surface area contributed by atoms with Crippen molar-refractivity contribution in [1.29, 1.82) is 0 Å². The molecule has 0 unspecified atom stereocenters. The number of fused-ring (bicyclic) bond motifs is 2. The number of nitrogen functional groups attached to an aromatic ring is 2. The number of phenolic OH excluding ortho intramolecular Hbond substituents is 2. The van der Waals surface area contributed by atoms with Crippen LogP contribution < -0.4 is 19.8 Å². The van der Waals surface area contributed by atoms with E-state index in [1.54, 1.807) is 24.3 Å². The molecule has 0 radical (unpaired) electrons. The number of phenols is 2. The molecule has 0 amide bonds. The van der Waals surface area contributed by atoms with Crippen LogP contribution in [0.4, 0.5) is 34.1 Å². The number of hydrogen-bond acceptors (Lipinski definition) is 18. The highest BCUT2D eigenvalue weighted by Crippen LogP contribution is 2.43. The Hall–Kier alpha value is -8.00. The van der Waals surface area contributed by atoms with Gasteiger partial charge in [-0.1, -0.05) is 74.5 Å². The highest BCUT2D eigenvalue weighted by molar-refractivity contribution is 7.87. The number of hydrogen-bond donors (Lipinski definition) is 6. The van der Waals surface area contributed by atoms with E-state index >= 15 is 0 Å². The molecule has 364 valence electrons. The van der Waals surface area contributed by atoms with Gasteiger partial charge in [0, 0.05) is 17.5 Å².